The summed E-state index contributed by atoms with van der Waals surface area (Å²) in [5.74, 6) is 0.204. The molecule has 5 nitrogen and oxygen atoms in total. The molecule has 1 aliphatic rings. The molecular formula is C19H22N2O3S2. The molecule has 0 radical (unpaired) electrons. The maximum atomic E-state index is 12.4. The number of nitrogens with one attached hydrogen (secondary N) is 1. The molecule has 0 spiro atoms. The zero-order valence-corrected chi connectivity index (χ0v) is 16.2. The molecule has 1 heterocycles. The number of hydrogen-bond acceptors (Lipinski definition) is 5. The molecule has 0 saturated carbocycles. The van der Waals surface area contributed by atoms with Gasteiger partial charge in [0.05, 0.1) is 23.7 Å². The van der Waals surface area contributed by atoms with E-state index in [9.17, 15) is 13.2 Å². The summed E-state index contributed by atoms with van der Waals surface area (Å²) in [7, 11) is -1.15. The van der Waals surface area contributed by atoms with E-state index in [4.69, 9.17) is 0 Å². The number of likely N-dealkylation sites (N-methyl/N-ethyl adjacent to an activating group) is 1. The van der Waals surface area contributed by atoms with Crippen molar-refractivity contribution in [3.63, 3.8) is 0 Å². The number of hydrogen-bond donors (Lipinski definition) is 1. The molecular weight excluding hydrogens is 368 g/mol. The van der Waals surface area contributed by atoms with Crippen molar-refractivity contribution >= 4 is 33.2 Å². The minimum absolute atomic E-state index is 0.0836. The molecule has 1 fully saturated rings. The Kier molecular flexibility index (Phi) is 6.01. The van der Waals surface area contributed by atoms with Gasteiger partial charge >= 0.3 is 0 Å². The Hall–Kier alpha value is -1.83. The lowest BCUT2D eigenvalue weighted by Gasteiger charge is -2.22. The van der Waals surface area contributed by atoms with Crippen LogP contribution >= 0.6 is 11.8 Å². The lowest BCUT2D eigenvalue weighted by atomic mass is 10.2. The monoisotopic (exact) mass is 390 g/mol. The lowest BCUT2D eigenvalue weighted by molar-refractivity contribution is -0.117. The van der Waals surface area contributed by atoms with Gasteiger partial charge in [0.1, 0.15) is 0 Å². The van der Waals surface area contributed by atoms with Crippen molar-refractivity contribution in [1.29, 1.82) is 0 Å². The molecule has 26 heavy (non-hydrogen) atoms. The summed E-state index contributed by atoms with van der Waals surface area (Å²) in [6.07, 6.45) is 0.590. The van der Waals surface area contributed by atoms with Crippen molar-refractivity contribution in [2.45, 2.75) is 22.3 Å². The Morgan fingerprint density at radius 1 is 1.15 bits per heavy atom. The molecule has 138 valence electrons. The van der Waals surface area contributed by atoms with E-state index < -0.39 is 9.84 Å². The van der Waals surface area contributed by atoms with E-state index in [0.29, 0.717) is 6.42 Å². The molecule has 1 atom stereocenters. The van der Waals surface area contributed by atoms with Crippen LogP contribution in [0.15, 0.2) is 64.4 Å². The molecule has 0 bridgehead atoms. The number of benzene rings is 2. The molecule has 3 rings (SSSR count). The van der Waals surface area contributed by atoms with Gasteiger partial charge in [0.15, 0.2) is 9.84 Å². The van der Waals surface area contributed by atoms with Gasteiger partial charge in [-0.25, -0.2) is 8.42 Å². The topological polar surface area (TPSA) is 66.5 Å². The fourth-order valence-electron chi connectivity index (χ4n) is 2.94. The van der Waals surface area contributed by atoms with Gasteiger partial charge in [-0.1, -0.05) is 42.1 Å². The Bertz CT molecular complexity index is 869. The summed E-state index contributed by atoms with van der Waals surface area (Å²) in [5.41, 5.74) is 0.763. The molecule has 0 aliphatic carbocycles. The average molecular weight is 391 g/mol. The van der Waals surface area contributed by atoms with Gasteiger partial charge in [-0.2, -0.15) is 0 Å². The largest absolute Gasteiger partial charge is 0.324 e. The fraction of sp³-hybridized carbons (Fsp3) is 0.316. The maximum absolute atomic E-state index is 12.4. The fourth-order valence-corrected chi connectivity index (χ4v) is 5.67. The van der Waals surface area contributed by atoms with Crippen molar-refractivity contribution in [1.82, 2.24) is 4.90 Å². The Labute approximate surface area is 158 Å². The van der Waals surface area contributed by atoms with Gasteiger partial charge in [-0.05, 0) is 37.7 Å². The molecule has 1 aliphatic heterocycles. The predicted octanol–water partition coefficient (Wildman–Crippen LogP) is 2.90. The van der Waals surface area contributed by atoms with E-state index >= 15 is 0 Å². The first kappa shape index (κ1) is 18.9. The molecule has 0 unspecified atom stereocenters. The normalized spacial score (nSPS) is 18.8. The Morgan fingerprint density at radius 2 is 1.85 bits per heavy atom. The van der Waals surface area contributed by atoms with Gasteiger partial charge in [0, 0.05) is 15.8 Å². The van der Waals surface area contributed by atoms with Crippen LogP contribution in [0, 0.1) is 0 Å². The summed E-state index contributed by atoms with van der Waals surface area (Å²) in [5, 5.41) is 2.95. The standard InChI is InChI=1S/C19H22N2O3S2/c1-21(15-11-12-26(23,24)14-15)13-19(22)20-17-9-5-6-10-18(17)25-16-7-3-2-4-8-16/h2-10,15H,11-14H2,1H3,(H,20,22)/t15-/m0/s1. The highest BCUT2D eigenvalue weighted by Crippen LogP contribution is 2.33. The number of sulfone groups is 1. The summed E-state index contributed by atoms with van der Waals surface area (Å²) in [6, 6.07) is 17.6. The predicted molar refractivity (Wildman–Crippen MR) is 105 cm³/mol. The lowest BCUT2D eigenvalue weighted by Crippen LogP contribution is -2.38. The third kappa shape index (κ3) is 5.09. The Balaban J connectivity index is 1.62. The van der Waals surface area contributed by atoms with Crippen molar-refractivity contribution in [3.05, 3.63) is 54.6 Å². The van der Waals surface area contributed by atoms with E-state index in [1.165, 1.54) is 0 Å². The number of carbonyl (C=O) groups is 1. The van der Waals surface area contributed by atoms with Gasteiger partial charge in [-0.3, -0.25) is 9.69 Å². The van der Waals surface area contributed by atoms with Crippen LogP contribution < -0.4 is 5.32 Å². The minimum atomic E-state index is -2.95. The molecule has 0 aromatic heterocycles. The van der Waals surface area contributed by atoms with E-state index in [1.54, 1.807) is 18.8 Å². The SMILES string of the molecule is CN(CC(=O)Nc1ccccc1Sc1ccccc1)[C@H]1CCS(=O)(=O)C1. The summed E-state index contributed by atoms with van der Waals surface area (Å²) in [4.78, 5) is 16.3. The first-order valence-electron chi connectivity index (χ1n) is 8.45. The van der Waals surface area contributed by atoms with Crippen LogP contribution in [0.3, 0.4) is 0 Å². The van der Waals surface area contributed by atoms with E-state index in [-0.39, 0.29) is 30.0 Å². The summed E-state index contributed by atoms with van der Waals surface area (Å²) in [6.45, 7) is 0.171. The van der Waals surface area contributed by atoms with Crippen molar-refractivity contribution in [2.75, 3.05) is 30.4 Å². The van der Waals surface area contributed by atoms with Crippen molar-refractivity contribution in [2.24, 2.45) is 0 Å². The number of amides is 1. The van der Waals surface area contributed by atoms with Gasteiger partial charge in [-0.15, -0.1) is 0 Å². The second-order valence-corrected chi connectivity index (χ2v) is 9.78. The van der Waals surface area contributed by atoms with Crippen LogP contribution in [0.25, 0.3) is 0 Å². The number of nitrogens with zero attached hydrogens (tertiary/aromatic N) is 1. The zero-order valence-electron chi connectivity index (χ0n) is 14.6. The maximum Gasteiger partial charge on any atom is 0.238 e. The van der Waals surface area contributed by atoms with Crippen LogP contribution in [0.1, 0.15) is 6.42 Å². The van der Waals surface area contributed by atoms with Gasteiger partial charge < -0.3 is 5.32 Å². The molecule has 1 amide bonds. The third-order valence-corrected chi connectivity index (χ3v) is 7.19. The molecule has 1 saturated heterocycles. The first-order valence-corrected chi connectivity index (χ1v) is 11.1. The first-order chi connectivity index (χ1) is 12.4. The smallest absolute Gasteiger partial charge is 0.238 e. The summed E-state index contributed by atoms with van der Waals surface area (Å²) >= 11 is 1.59. The van der Waals surface area contributed by atoms with E-state index in [0.717, 1.165) is 15.5 Å². The minimum Gasteiger partial charge on any atom is -0.324 e. The summed E-state index contributed by atoms with van der Waals surface area (Å²) < 4.78 is 23.2. The zero-order chi connectivity index (χ0) is 18.6. The van der Waals surface area contributed by atoms with Gasteiger partial charge in [0.25, 0.3) is 0 Å². The molecule has 7 heteroatoms. The third-order valence-electron chi connectivity index (χ3n) is 4.36. The highest BCUT2D eigenvalue weighted by atomic mass is 32.2. The van der Waals surface area contributed by atoms with Crippen LogP contribution in [0.5, 0.6) is 0 Å². The van der Waals surface area contributed by atoms with Crippen LogP contribution in [0.4, 0.5) is 5.69 Å². The van der Waals surface area contributed by atoms with Crippen molar-refractivity contribution < 1.29 is 13.2 Å². The van der Waals surface area contributed by atoms with Crippen molar-refractivity contribution in [3.8, 4) is 0 Å². The number of anilines is 1. The Morgan fingerprint density at radius 3 is 2.54 bits per heavy atom. The average Bonchev–Trinajstić information content (AvgIpc) is 2.98. The number of para-hydroxylation sites is 1. The second-order valence-electron chi connectivity index (χ2n) is 6.43. The molecule has 2 aromatic carbocycles. The molecule has 2 aromatic rings. The number of carbonyl (C=O) groups excluding carboxylic acids is 1. The second kappa shape index (κ2) is 8.24. The van der Waals surface area contributed by atoms with Crippen LogP contribution in [0.2, 0.25) is 0 Å². The van der Waals surface area contributed by atoms with E-state index in [1.807, 2.05) is 59.5 Å². The molecule has 1 N–H and O–H groups in total. The van der Waals surface area contributed by atoms with Crippen LogP contribution in [-0.2, 0) is 14.6 Å². The van der Waals surface area contributed by atoms with E-state index in [2.05, 4.69) is 5.32 Å². The van der Waals surface area contributed by atoms with Crippen LogP contribution in [-0.4, -0.2) is 50.4 Å². The highest BCUT2D eigenvalue weighted by molar-refractivity contribution is 7.99. The quantitative estimate of drug-likeness (QED) is 0.822. The number of rotatable bonds is 6. The highest BCUT2D eigenvalue weighted by Gasteiger charge is 2.31. The van der Waals surface area contributed by atoms with Gasteiger partial charge in [0.2, 0.25) is 5.91 Å².